The Morgan fingerprint density at radius 3 is 2.54 bits per heavy atom. The minimum atomic E-state index is -1.86. The number of anilines is 1. The van der Waals surface area contributed by atoms with Gasteiger partial charge in [0.05, 0.1) is 25.3 Å². The molecule has 69 heavy (non-hydrogen) atoms. The summed E-state index contributed by atoms with van der Waals surface area (Å²) in [6.07, 6.45) is 3.92. The minimum Gasteiger partial charge on any atom is -0.495 e. The van der Waals surface area contributed by atoms with Crippen molar-refractivity contribution in [3.8, 4) is 5.75 Å². The molecule has 2 fully saturated rings. The first-order valence-electron chi connectivity index (χ1n) is 23.3. The topological polar surface area (TPSA) is 249 Å². The largest absolute Gasteiger partial charge is 0.495 e. The number of hydrogen-bond donors (Lipinski definition) is 5. The van der Waals surface area contributed by atoms with Crippen LogP contribution in [0.1, 0.15) is 105 Å². The van der Waals surface area contributed by atoms with Crippen LogP contribution in [0.4, 0.5) is 10.5 Å². The highest BCUT2D eigenvalue weighted by Crippen LogP contribution is 2.49. The first-order valence-corrected chi connectivity index (χ1v) is 26.0. The smallest absolute Gasteiger partial charge is 0.409 e. The van der Waals surface area contributed by atoms with Crippen molar-refractivity contribution in [1.82, 2.24) is 15.5 Å². The van der Waals surface area contributed by atoms with E-state index in [1.54, 1.807) is 73.7 Å². The molecule has 18 nitrogen and oxygen atoms in total. The number of fused-ring (bicyclic) bond motifs is 5. The molecule has 4 bridgehead atoms. The number of rotatable bonds is 20. The molecule has 1 aromatic carbocycles. The van der Waals surface area contributed by atoms with Gasteiger partial charge in [0, 0.05) is 63.4 Å². The van der Waals surface area contributed by atoms with Gasteiger partial charge in [-0.05, 0) is 90.8 Å². The minimum absolute atomic E-state index is 0.0688. The van der Waals surface area contributed by atoms with Crippen LogP contribution in [0, 0.1) is 5.92 Å². The van der Waals surface area contributed by atoms with Crippen molar-refractivity contribution < 1.29 is 62.7 Å². The van der Waals surface area contributed by atoms with Crippen LogP contribution < -0.4 is 26.0 Å². The lowest BCUT2D eigenvalue weighted by atomic mass is 9.83. The van der Waals surface area contributed by atoms with Crippen LogP contribution in [-0.2, 0) is 49.3 Å². The highest BCUT2D eigenvalue weighted by atomic mass is 35.5. The Hall–Kier alpha value is -4.05. The third kappa shape index (κ3) is 16.0. The van der Waals surface area contributed by atoms with Crippen molar-refractivity contribution in [3.63, 3.8) is 0 Å². The number of ether oxygens (including phenoxy) is 5. The van der Waals surface area contributed by atoms with E-state index in [0.29, 0.717) is 62.9 Å². The maximum absolute atomic E-state index is 14.3. The second kappa shape index (κ2) is 25.4. The van der Waals surface area contributed by atoms with E-state index in [1.165, 1.54) is 31.1 Å². The second-order valence-electron chi connectivity index (χ2n) is 19.0. The number of epoxide rings is 1. The van der Waals surface area contributed by atoms with Gasteiger partial charge < -0.3 is 54.7 Å². The fourth-order valence-corrected chi connectivity index (χ4v) is 11.2. The average molecular weight is 1030 g/mol. The first kappa shape index (κ1) is 57.5. The number of unbranched alkanes of at least 4 members (excludes halogenated alkanes) is 1. The summed E-state index contributed by atoms with van der Waals surface area (Å²) in [5.41, 5.74) is 4.46. The fraction of sp³-hybridized carbons (Fsp3) is 0.667. The number of allylic oxidation sites excluding steroid dienone is 3. The van der Waals surface area contributed by atoms with Crippen LogP contribution in [0.25, 0.3) is 0 Å². The summed E-state index contributed by atoms with van der Waals surface area (Å²) in [5.74, 6) is -2.10. The lowest BCUT2D eigenvalue weighted by Crippen LogP contribution is -2.63. The standard InChI is InChI=1S/C48H72ClN5O13S2/c1-28-15-13-17-36(64-10)48(62)27-35(65-45(61)52-48)29(2)42-47(6,67-42)37(26-40(57)54(8)33-24-31(23-28)25-34(63-9)41(33)49)66-44(60)30(3)53(7)39(56)19-20-46(4,5)69-68-22-14-18-38(55)51-21-12-11-16-32(50)43(58)59/h13,15,17,24-25,29-30,32,35-37,42,62H,11-12,14,16,18-23,26-27,50H2,1-10H3,(H,51,55)(H,52,61)(H,58,59)/b17-13+,28-15-/t29-,30+,32+,35+,36-,37?,42+,47+,48+/m1/s1. The molecule has 4 amide bonds. The van der Waals surface area contributed by atoms with E-state index in [4.69, 9.17) is 46.1 Å². The van der Waals surface area contributed by atoms with Gasteiger partial charge >= 0.3 is 18.0 Å². The number of aliphatic carboxylic acids is 1. The van der Waals surface area contributed by atoms with Crippen LogP contribution in [0.3, 0.4) is 0 Å². The van der Waals surface area contributed by atoms with Gasteiger partial charge in [-0.15, -0.1) is 0 Å². The normalized spacial score (nSPS) is 27.3. The molecule has 2 saturated heterocycles. The van der Waals surface area contributed by atoms with Gasteiger partial charge in [0.15, 0.2) is 5.72 Å². The van der Waals surface area contributed by atoms with Gasteiger partial charge in [0.2, 0.25) is 17.7 Å². The molecule has 9 atom stereocenters. The second-order valence-corrected chi connectivity index (χ2v) is 22.5. The Labute approximate surface area is 418 Å². The zero-order valence-corrected chi connectivity index (χ0v) is 43.9. The molecule has 0 radical (unpaired) electrons. The number of methoxy groups -OCH3 is 2. The van der Waals surface area contributed by atoms with Crippen LogP contribution in [-0.4, -0.2) is 144 Å². The summed E-state index contributed by atoms with van der Waals surface area (Å²) in [5, 5.41) is 26.3. The number of carboxylic acids is 1. The number of aliphatic hydroxyl groups is 1. The zero-order chi connectivity index (χ0) is 51.4. The highest BCUT2D eigenvalue weighted by Gasteiger charge is 2.64. The van der Waals surface area contributed by atoms with E-state index in [0.717, 1.165) is 16.9 Å². The summed E-state index contributed by atoms with van der Waals surface area (Å²) >= 11 is 6.82. The lowest BCUT2D eigenvalue weighted by molar-refractivity contribution is -0.162. The number of nitrogens with zero attached hydrogens (tertiary/aromatic N) is 2. The molecule has 3 aliphatic rings. The Kier molecular flexibility index (Phi) is 21.1. The van der Waals surface area contributed by atoms with E-state index in [2.05, 4.69) is 10.6 Å². The Morgan fingerprint density at radius 1 is 1.16 bits per heavy atom. The number of hydrogen-bond acceptors (Lipinski definition) is 15. The summed E-state index contributed by atoms with van der Waals surface area (Å²) in [4.78, 5) is 80.8. The molecule has 1 aromatic rings. The van der Waals surface area contributed by atoms with Crippen molar-refractivity contribution >= 4 is 74.6 Å². The number of carbonyl (C=O) groups is 6. The third-order valence-corrected chi connectivity index (χ3v) is 16.8. The molecule has 21 heteroatoms. The Morgan fingerprint density at radius 2 is 1.87 bits per heavy atom. The number of halogens is 1. The van der Waals surface area contributed by atoms with E-state index in [1.807, 2.05) is 26.8 Å². The van der Waals surface area contributed by atoms with Crippen molar-refractivity contribution in [2.24, 2.45) is 11.7 Å². The first-order chi connectivity index (χ1) is 32.4. The van der Waals surface area contributed by atoms with Crippen molar-refractivity contribution in [2.45, 2.75) is 158 Å². The monoisotopic (exact) mass is 1030 g/mol. The maximum atomic E-state index is 14.3. The Bertz CT molecular complexity index is 2080. The van der Waals surface area contributed by atoms with Gasteiger partial charge in [0.25, 0.3) is 0 Å². The van der Waals surface area contributed by atoms with Gasteiger partial charge in [-0.3, -0.25) is 24.5 Å². The van der Waals surface area contributed by atoms with E-state index >= 15 is 0 Å². The highest BCUT2D eigenvalue weighted by molar-refractivity contribution is 8.77. The van der Waals surface area contributed by atoms with Crippen LogP contribution in [0.5, 0.6) is 5.75 Å². The van der Waals surface area contributed by atoms with Crippen LogP contribution in [0.15, 0.2) is 35.9 Å². The maximum Gasteiger partial charge on any atom is 0.409 e. The molecule has 3 heterocycles. The molecule has 0 saturated carbocycles. The average Bonchev–Trinajstić information content (AvgIpc) is 3.99. The molecule has 1 unspecified atom stereocenters. The molecular weight excluding hydrogens is 954 g/mol. The van der Waals surface area contributed by atoms with Crippen LogP contribution >= 0.6 is 33.2 Å². The van der Waals surface area contributed by atoms with Gasteiger partial charge in [-0.2, -0.15) is 0 Å². The third-order valence-electron chi connectivity index (χ3n) is 13.0. The van der Waals surface area contributed by atoms with E-state index in [9.17, 15) is 33.9 Å². The van der Waals surface area contributed by atoms with E-state index in [-0.39, 0.29) is 40.8 Å². The Balaban J connectivity index is 1.44. The number of esters is 1. The lowest BCUT2D eigenvalue weighted by Gasteiger charge is -2.42. The van der Waals surface area contributed by atoms with Crippen LogP contribution in [0.2, 0.25) is 5.02 Å². The molecule has 386 valence electrons. The summed E-state index contributed by atoms with van der Waals surface area (Å²) in [7, 11) is 9.23. The molecule has 0 aliphatic carbocycles. The summed E-state index contributed by atoms with van der Waals surface area (Å²) in [6.45, 7) is 11.5. The number of alkyl carbamates (subject to hydrolysis) is 1. The summed E-state index contributed by atoms with van der Waals surface area (Å²) < 4.78 is 29.2. The number of carbonyl (C=O) groups excluding carboxylic acids is 5. The van der Waals surface area contributed by atoms with Gasteiger partial charge in [-0.25, -0.2) is 9.59 Å². The summed E-state index contributed by atoms with van der Waals surface area (Å²) in [6, 6.07) is 1.62. The number of nitrogens with one attached hydrogen (secondary N) is 2. The molecule has 4 rings (SSSR count). The van der Waals surface area contributed by atoms with Crippen molar-refractivity contribution in [2.75, 3.05) is 45.5 Å². The molecule has 0 spiro atoms. The SMILES string of the molecule is COc1cc2cc(c1Cl)N(C)C(=O)CC(OC(=O)[C@H](C)N(C)C(=O)CCC(C)(C)SSCCCC(=O)NCCCC[C@H](N)C(=O)O)[C@]1(C)O[C@H]1[C@H](C)[C@@H]1C[C@@](O)(NC(=O)O1)[C@H](OC)/C=C/C=C(/C)C2. The number of likely N-dealkylation sites (N-methyl/N-ethyl adjacent to an activating group) is 1. The number of carboxylic acid groups (broad SMARTS) is 1. The van der Waals surface area contributed by atoms with Crippen molar-refractivity contribution in [1.29, 1.82) is 0 Å². The predicted molar refractivity (Wildman–Crippen MR) is 266 cm³/mol. The zero-order valence-electron chi connectivity index (χ0n) is 41.5. The number of nitrogens with two attached hydrogens (primary N) is 1. The molecular formula is C48H72ClN5O13S2. The quantitative estimate of drug-likeness (QED) is 0.0439. The molecule has 6 N–H and O–H groups in total. The molecule has 0 aromatic heterocycles. The van der Waals surface area contributed by atoms with Gasteiger partial charge in [0.1, 0.15) is 46.8 Å². The number of benzene rings is 1. The molecule has 3 aliphatic heterocycles. The fourth-order valence-electron chi connectivity index (χ4n) is 8.27. The van der Waals surface area contributed by atoms with E-state index < -0.39 is 77.7 Å². The number of amides is 4. The predicted octanol–water partition coefficient (Wildman–Crippen LogP) is 5.93. The van der Waals surface area contributed by atoms with Gasteiger partial charge in [-0.1, -0.05) is 63.9 Å². The van der Waals surface area contributed by atoms with Crippen molar-refractivity contribution in [3.05, 3.63) is 46.5 Å².